The molecule has 0 bridgehead atoms. The molecule has 0 heterocycles. The fourth-order valence-corrected chi connectivity index (χ4v) is 6.10. The highest BCUT2D eigenvalue weighted by Crippen LogP contribution is 2.64. The van der Waals surface area contributed by atoms with Crippen LogP contribution in [0.4, 0.5) is 0 Å². The van der Waals surface area contributed by atoms with Crippen molar-refractivity contribution in [2.45, 2.75) is 70.8 Å². The number of rotatable bonds is 3. The van der Waals surface area contributed by atoms with E-state index in [1.165, 1.54) is 24.8 Å². The molecule has 4 rings (SSSR count). The Kier molecular flexibility index (Phi) is 4.03. The molecule has 3 aliphatic rings. The molecule has 25 heavy (non-hydrogen) atoms. The van der Waals surface area contributed by atoms with Crippen molar-refractivity contribution >= 4 is 0 Å². The van der Waals surface area contributed by atoms with Crippen molar-refractivity contribution in [3.05, 3.63) is 41.5 Å². The molecular weight excluding hydrogens is 308 g/mol. The van der Waals surface area contributed by atoms with Crippen LogP contribution >= 0.6 is 0 Å². The van der Waals surface area contributed by atoms with Crippen LogP contribution in [0.15, 0.2) is 30.4 Å². The zero-order valence-electron chi connectivity index (χ0n) is 16.0. The Bertz CT molecular complexity index is 689. The number of ether oxygens (including phenoxy) is 1. The van der Waals surface area contributed by atoms with E-state index in [9.17, 15) is 5.11 Å². The van der Waals surface area contributed by atoms with Gasteiger partial charge < -0.3 is 9.84 Å². The third-order valence-electron chi connectivity index (χ3n) is 7.75. The third-order valence-corrected chi connectivity index (χ3v) is 7.75. The Morgan fingerprint density at radius 3 is 2.80 bits per heavy atom. The van der Waals surface area contributed by atoms with Gasteiger partial charge in [0, 0.05) is 0 Å². The summed E-state index contributed by atoms with van der Waals surface area (Å²) in [4.78, 5) is 0. The van der Waals surface area contributed by atoms with Crippen LogP contribution < -0.4 is 4.74 Å². The van der Waals surface area contributed by atoms with Crippen molar-refractivity contribution in [1.82, 2.24) is 0 Å². The van der Waals surface area contributed by atoms with E-state index in [1.807, 2.05) is 6.92 Å². The van der Waals surface area contributed by atoms with Crippen molar-refractivity contribution in [2.24, 2.45) is 17.3 Å². The van der Waals surface area contributed by atoms with E-state index in [2.05, 4.69) is 38.6 Å². The lowest BCUT2D eigenvalue weighted by molar-refractivity contribution is -0.0901. The van der Waals surface area contributed by atoms with Gasteiger partial charge in [-0.15, -0.1) is 0 Å². The van der Waals surface area contributed by atoms with E-state index in [1.54, 1.807) is 5.56 Å². The lowest BCUT2D eigenvalue weighted by atomic mass is 9.53. The van der Waals surface area contributed by atoms with Crippen molar-refractivity contribution < 1.29 is 9.84 Å². The Labute approximate surface area is 152 Å². The summed E-state index contributed by atoms with van der Waals surface area (Å²) < 4.78 is 5.85. The van der Waals surface area contributed by atoms with Crippen molar-refractivity contribution in [3.63, 3.8) is 0 Å². The van der Waals surface area contributed by atoms with Crippen molar-refractivity contribution in [1.29, 1.82) is 0 Å². The number of hydrogen-bond donors (Lipinski definition) is 1. The molecule has 0 saturated heterocycles. The molecule has 0 unspecified atom stereocenters. The van der Waals surface area contributed by atoms with Gasteiger partial charge in [0.05, 0.1) is 5.60 Å². The van der Waals surface area contributed by atoms with Crippen LogP contribution in [-0.4, -0.2) is 17.3 Å². The molecule has 2 heteroatoms. The molecule has 0 spiro atoms. The SMILES string of the molecule is C=C(C)COc1ccc2c(c1)CC[C@H]1[C@@H]2CC[C@]2(C)[C@@H]1CC[C@@]2(C)O. The van der Waals surface area contributed by atoms with Gasteiger partial charge >= 0.3 is 0 Å². The molecule has 2 fully saturated rings. The topological polar surface area (TPSA) is 29.5 Å². The van der Waals surface area contributed by atoms with E-state index in [-0.39, 0.29) is 5.41 Å². The maximum atomic E-state index is 11.0. The molecular formula is C23H32O2. The first-order valence-electron chi connectivity index (χ1n) is 9.94. The quantitative estimate of drug-likeness (QED) is 0.762. The maximum Gasteiger partial charge on any atom is 0.120 e. The molecule has 1 N–H and O–H groups in total. The van der Waals surface area contributed by atoms with Gasteiger partial charge in [0.2, 0.25) is 0 Å². The Morgan fingerprint density at radius 2 is 2.04 bits per heavy atom. The monoisotopic (exact) mass is 340 g/mol. The van der Waals surface area contributed by atoms with Gasteiger partial charge in [0.15, 0.2) is 0 Å². The predicted octanol–water partition coefficient (Wildman–Crippen LogP) is 5.25. The molecule has 136 valence electrons. The van der Waals surface area contributed by atoms with Gasteiger partial charge in [0.25, 0.3) is 0 Å². The van der Waals surface area contributed by atoms with Gasteiger partial charge in [-0.2, -0.15) is 0 Å². The first-order chi connectivity index (χ1) is 11.8. The highest BCUT2D eigenvalue weighted by molar-refractivity contribution is 5.41. The first kappa shape index (κ1) is 17.1. The minimum Gasteiger partial charge on any atom is -0.489 e. The molecule has 3 aliphatic carbocycles. The summed E-state index contributed by atoms with van der Waals surface area (Å²) in [6.07, 6.45) is 6.94. The highest BCUT2D eigenvalue weighted by atomic mass is 16.5. The van der Waals surface area contributed by atoms with Gasteiger partial charge in [-0.1, -0.05) is 19.6 Å². The largest absolute Gasteiger partial charge is 0.489 e. The minimum atomic E-state index is -0.483. The van der Waals surface area contributed by atoms with E-state index >= 15 is 0 Å². The molecule has 0 aliphatic heterocycles. The zero-order chi connectivity index (χ0) is 17.8. The summed E-state index contributed by atoms with van der Waals surface area (Å²) in [7, 11) is 0. The summed E-state index contributed by atoms with van der Waals surface area (Å²) in [6.45, 7) is 10.9. The van der Waals surface area contributed by atoms with Crippen LogP contribution in [0.1, 0.15) is 69.9 Å². The number of aryl methyl sites for hydroxylation is 1. The smallest absolute Gasteiger partial charge is 0.120 e. The Morgan fingerprint density at radius 1 is 1.24 bits per heavy atom. The molecule has 1 aromatic rings. The zero-order valence-corrected chi connectivity index (χ0v) is 16.0. The molecule has 1 aromatic carbocycles. The summed E-state index contributed by atoms with van der Waals surface area (Å²) in [6, 6.07) is 6.71. The molecule has 2 saturated carbocycles. The lowest BCUT2D eigenvalue weighted by Gasteiger charge is -2.52. The number of aliphatic hydroxyl groups is 1. The predicted molar refractivity (Wildman–Crippen MR) is 102 cm³/mol. The molecule has 0 amide bonds. The lowest BCUT2D eigenvalue weighted by Crippen LogP contribution is -2.49. The Hall–Kier alpha value is -1.28. The minimum absolute atomic E-state index is 0.107. The van der Waals surface area contributed by atoms with Crippen LogP contribution in [0.25, 0.3) is 0 Å². The second kappa shape index (κ2) is 5.87. The first-order valence-corrected chi connectivity index (χ1v) is 9.94. The second-order valence-corrected chi connectivity index (χ2v) is 9.29. The molecule has 0 aromatic heterocycles. The normalized spacial score (nSPS) is 39.3. The molecule has 0 radical (unpaired) electrons. The van der Waals surface area contributed by atoms with Crippen LogP contribution in [0.3, 0.4) is 0 Å². The average molecular weight is 341 g/mol. The second-order valence-electron chi connectivity index (χ2n) is 9.29. The standard InChI is InChI=1S/C23H32O2/c1-15(2)14-25-17-6-8-18-16(13-17)5-7-20-19(18)9-11-22(3)21(20)10-12-23(22,4)24/h6,8,13,19-21,24H,1,5,7,9-12,14H2,2-4H3/t19-,20+,21-,22-,23-/m1/s1. The molecule has 5 atom stereocenters. The van der Waals surface area contributed by atoms with Gasteiger partial charge in [-0.3, -0.25) is 0 Å². The van der Waals surface area contributed by atoms with Crippen LogP contribution in [0, 0.1) is 17.3 Å². The fourth-order valence-electron chi connectivity index (χ4n) is 6.10. The summed E-state index contributed by atoms with van der Waals surface area (Å²) in [5.41, 5.74) is 3.71. The summed E-state index contributed by atoms with van der Waals surface area (Å²) >= 11 is 0. The maximum absolute atomic E-state index is 11.0. The third kappa shape index (κ3) is 2.65. The highest BCUT2D eigenvalue weighted by Gasteiger charge is 2.59. The fraction of sp³-hybridized carbons (Fsp3) is 0.652. The number of benzene rings is 1. The van der Waals surface area contributed by atoms with Crippen molar-refractivity contribution in [3.8, 4) is 5.75 Å². The van der Waals surface area contributed by atoms with E-state index in [0.717, 1.165) is 36.5 Å². The molecule has 2 nitrogen and oxygen atoms in total. The van der Waals surface area contributed by atoms with E-state index < -0.39 is 5.60 Å². The average Bonchev–Trinajstić information content (AvgIpc) is 2.82. The summed E-state index contributed by atoms with van der Waals surface area (Å²) in [5.74, 6) is 3.06. The number of hydrogen-bond acceptors (Lipinski definition) is 2. The number of fused-ring (bicyclic) bond motifs is 5. The van der Waals surface area contributed by atoms with Gasteiger partial charge in [0.1, 0.15) is 12.4 Å². The van der Waals surface area contributed by atoms with Gasteiger partial charge in [-0.25, -0.2) is 0 Å². The van der Waals surface area contributed by atoms with Crippen molar-refractivity contribution in [2.75, 3.05) is 6.61 Å². The van der Waals surface area contributed by atoms with Crippen LogP contribution in [0.5, 0.6) is 5.75 Å². The van der Waals surface area contributed by atoms with E-state index in [4.69, 9.17) is 4.74 Å². The van der Waals surface area contributed by atoms with Crippen LogP contribution in [0.2, 0.25) is 0 Å². The van der Waals surface area contributed by atoms with Gasteiger partial charge in [-0.05, 0) is 104 Å². The van der Waals surface area contributed by atoms with E-state index in [0.29, 0.717) is 18.4 Å². The van der Waals surface area contributed by atoms with Crippen LogP contribution in [-0.2, 0) is 6.42 Å². The summed E-state index contributed by atoms with van der Waals surface area (Å²) in [5, 5.41) is 11.0. The Balaban J connectivity index is 1.59.